The molecule has 0 aliphatic rings. The van der Waals surface area contributed by atoms with E-state index in [2.05, 4.69) is 0 Å². The number of hydrogen-bond donors (Lipinski definition) is 2. The van der Waals surface area contributed by atoms with Crippen molar-refractivity contribution >= 4 is 21.9 Å². The van der Waals surface area contributed by atoms with Crippen LogP contribution in [-0.2, 0) is 0 Å². The van der Waals surface area contributed by atoms with Crippen molar-refractivity contribution in [1.82, 2.24) is 0 Å². The van der Waals surface area contributed by atoms with Crippen molar-refractivity contribution in [3.05, 3.63) is 34.5 Å². The van der Waals surface area contributed by atoms with E-state index in [1.165, 1.54) is 14.2 Å². The SMILES string of the molecule is COc1c(O)c(O)c2oc3ccccc3c(=O)c2c1OC. The Labute approximate surface area is 118 Å². The van der Waals surface area contributed by atoms with Crippen LogP contribution in [0.15, 0.2) is 33.5 Å². The molecular formula is C15H12O6. The van der Waals surface area contributed by atoms with Gasteiger partial charge in [0.25, 0.3) is 0 Å². The maximum absolute atomic E-state index is 12.6. The number of fused-ring (bicyclic) bond motifs is 2. The molecule has 1 heterocycles. The third-order valence-corrected chi connectivity index (χ3v) is 3.29. The van der Waals surface area contributed by atoms with E-state index in [1.54, 1.807) is 24.3 Å². The minimum absolute atomic E-state index is 0.0160. The van der Waals surface area contributed by atoms with Crippen LogP contribution in [0.3, 0.4) is 0 Å². The van der Waals surface area contributed by atoms with E-state index >= 15 is 0 Å². The Morgan fingerprint density at radius 1 is 1.00 bits per heavy atom. The molecule has 6 nitrogen and oxygen atoms in total. The Morgan fingerprint density at radius 3 is 2.33 bits per heavy atom. The lowest BCUT2D eigenvalue weighted by atomic mass is 10.1. The number of phenolic OH excluding ortho intramolecular Hbond substituents is 2. The molecule has 0 unspecified atom stereocenters. The first-order valence-corrected chi connectivity index (χ1v) is 6.11. The zero-order valence-electron chi connectivity index (χ0n) is 11.3. The molecule has 0 saturated heterocycles. The highest BCUT2D eigenvalue weighted by Gasteiger charge is 2.25. The van der Waals surface area contributed by atoms with Crippen LogP contribution in [0.4, 0.5) is 0 Å². The van der Waals surface area contributed by atoms with Crippen LogP contribution in [0.5, 0.6) is 23.0 Å². The molecule has 2 N–H and O–H groups in total. The third-order valence-electron chi connectivity index (χ3n) is 3.29. The van der Waals surface area contributed by atoms with Crippen molar-refractivity contribution < 1.29 is 24.1 Å². The lowest BCUT2D eigenvalue weighted by molar-refractivity contribution is 0.323. The van der Waals surface area contributed by atoms with Crippen molar-refractivity contribution in [3.63, 3.8) is 0 Å². The molecule has 0 bridgehead atoms. The highest BCUT2D eigenvalue weighted by atomic mass is 16.5. The fourth-order valence-electron chi connectivity index (χ4n) is 2.34. The van der Waals surface area contributed by atoms with Crippen molar-refractivity contribution in [2.75, 3.05) is 14.2 Å². The molecule has 3 rings (SSSR count). The minimum atomic E-state index is -0.564. The smallest absolute Gasteiger partial charge is 0.208 e. The zero-order valence-corrected chi connectivity index (χ0v) is 11.3. The lowest BCUT2D eigenvalue weighted by Gasteiger charge is -2.13. The van der Waals surface area contributed by atoms with Crippen LogP contribution >= 0.6 is 0 Å². The Balaban J connectivity index is 2.66. The first-order chi connectivity index (χ1) is 10.1. The largest absolute Gasteiger partial charge is 0.502 e. The van der Waals surface area contributed by atoms with Gasteiger partial charge in [0.05, 0.1) is 19.6 Å². The number of hydrogen-bond acceptors (Lipinski definition) is 6. The predicted molar refractivity (Wildman–Crippen MR) is 76.4 cm³/mol. The number of para-hydroxylation sites is 1. The molecule has 1 aromatic heterocycles. The van der Waals surface area contributed by atoms with Gasteiger partial charge in [0, 0.05) is 0 Å². The second-order valence-corrected chi connectivity index (χ2v) is 4.40. The van der Waals surface area contributed by atoms with Gasteiger partial charge in [-0.25, -0.2) is 0 Å². The van der Waals surface area contributed by atoms with Gasteiger partial charge >= 0.3 is 0 Å². The van der Waals surface area contributed by atoms with E-state index in [-0.39, 0.29) is 27.9 Å². The average Bonchev–Trinajstić information content (AvgIpc) is 2.51. The van der Waals surface area contributed by atoms with Crippen LogP contribution < -0.4 is 14.9 Å². The molecule has 0 spiro atoms. The van der Waals surface area contributed by atoms with Gasteiger partial charge in [0.15, 0.2) is 11.3 Å². The third kappa shape index (κ3) is 1.69. The van der Waals surface area contributed by atoms with E-state index in [0.29, 0.717) is 11.0 Å². The topological polar surface area (TPSA) is 89.1 Å². The Kier molecular flexibility index (Phi) is 2.86. The summed E-state index contributed by atoms with van der Waals surface area (Å²) in [6.07, 6.45) is 0. The van der Waals surface area contributed by atoms with E-state index in [9.17, 15) is 15.0 Å². The second-order valence-electron chi connectivity index (χ2n) is 4.40. The summed E-state index contributed by atoms with van der Waals surface area (Å²) < 4.78 is 15.7. The maximum atomic E-state index is 12.6. The zero-order chi connectivity index (χ0) is 15.1. The fraction of sp³-hybridized carbons (Fsp3) is 0.133. The van der Waals surface area contributed by atoms with Gasteiger partial charge in [-0.3, -0.25) is 4.79 Å². The van der Waals surface area contributed by atoms with E-state index < -0.39 is 11.5 Å². The van der Waals surface area contributed by atoms with Gasteiger partial charge in [0.1, 0.15) is 11.0 Å². The summed E-state index contributed by atoms with van der Waals surface area (Å²) in [6, 6.07) is 6.61. The van der Waals surface area contributed by atoms with Crippen LogP contribution in [0.1, 0.15) is 0 Å². The summed E-state index contributed by atoms with van der Waals surface area (Å²) in [5, 5.41) is 20.4. The molecule has 6 heteroatoms. The molecule has 0 radical (unpaired) electrons. The molecular weight excluding hydrogens is 276 g/mol. The summed E-state index contributed by atoms with van der Waals surface area (Å²) in [7, 11) is 2.63. The molecule has 0 fully saturated rings. The van der Waals surface area contributed by atoms with Crippen molar-refractivity contribution in [3.8, 4) is 23.0 Å². The van der Waals surface area contributed by atoms with E-state index in [1.807, 2.05) is 0 Å². The predicted octanol–water partition coefficient (Wildman–Crippen LogP) is 2.37. The molecule has 21 heavy (non-hydrogen) atoms. The summed E-state index contributed by atoms with van der Waals surface area (Å²) in [5.74, 6) is -1.21. The Bertz CT molecular complexity index is 910. The summed E-state index contributed by atoms with van der Waals surface area (Å²) in [5.41, 5.74) is -0.219. The van der Waals surface area contributed by atoms with Crippen LogP contribution in [-0.4, -0.2) is 24.4 Å². The highest BCUT2D eigenvalue weighted by Crippen LogP contribution is 2.49. The van der Waals surface area contributed by atoms with Gasteiger partial charge in [-0.1, -0.05) is 12.1 Å². The van der Waals surface area contributed by atoms with E-state index in [4.69, 9.17) is 13.9 Å². The molecule has 0 amide bonds. The van der Waals surface area contributed by atoms with Gasteiger partial charge in [-0.2, -0.15) is 0 Å². The molecule has 0 aliphatic heterocycles. The Hall–Kier alpha value is -2.89. The Morgan fingerprint density at radius 2 is 1.67 bits per heavy atom. The maximum Gasteiger partial charge on any atom is 0.208 e. The number of rotatable bonds is 2. The number of methoxy groups -OCH3 is 2. The monoisotopic (exact) mass is 288 g/mol. The summed E-state index contributed by atoms with van der Waals surface area (Å²) in [6.45, 7) is 0. The molecule has 0 saturated carbocycles. The second kappa shape index (κ2) is 4.59. The van der Waals surface area contributed by atoms with Gasteiger partial charge in [-0.05, 0) is 12.1 Å². The summed E-state index contributed by atoms with van der Waals surface area (Å²) in [4.78, 5) is 12.6. The van der Waals surface area contributed by atoms with Gasteiger partial charge in [-0.15, -0.1) is 0 Å². The highest BCUT2D eigenvalue weighted by molar-refractivity contribution is 5.99. The van der Waals surface area contributed by atoms with E-state index in [0.717, 1.165) is 0 Å². The van der Waals surface area contributed by atoms with Crippen molar-refractivity contribution in [2.45, 2.75) is 0 Å². The van der Waals surface area contributed by atoms with Crippen molar-refractivity contribution in [2.24, 2.45) is 0 Å². The molecule has 3 aromatic rings. The van der Waals surface area contributed by atoms with Crippen LogP contribution in [0, 0.1) is 0 Å². The van der Waals surface area contributed by atoms with Crippen molar-refractivity contribution in [1.29, 1.82) is 0 Å². The lowest BCUT2D eigenvalue weighted by Crippen LogP contribution is -2.05. The first kappa shape index (κ1) is 13.1. The molecule has 0 aliphatic carbocycles. The van der Waals surface area contributed by atoms with Gasteiger partial charge in [0.2, 0.25) is 22.7 Å². The molecule has 108 valence electrons. The van der Waals surface area contributed by atoms with Gasteiger partial charge < -0.3 is 24.1 Å². The normalized spacial score (nSPS) is 11.0. The standard InChI is InChI=1S/C15H12O6/c1-19-14-9-10(16)7-5-3-4-6-8(7)21-13(9)11(17)12(18)15(14)20-2/h3-6,17-18H,1-2H3. The molecule has 2 aromatic carbocycles. The summed E-state index contributed by atoms with van der Waals surface area (Å²) >= 11 is 0. The van der Waals surface area contributed by atoms with Crippen LogP contribution in [0.25, 0.3) is 21.9 Å². The first-order valence-electron chi connectivity index (χ1n) is 6.11. The minimum Gasteiger partial charge on any atom is -0.502 e. The number of benzene rings is 2. The quantitative estimate of drug-likeness (QED) is 0.556. The number of aromatic hydroxyl groups is 2. The molecule has 0 atom stereocenters. The number of ether oxygens (including phenoxy) is 2. The average molecular weight is 288 g/mol. The number of phenols is 2. The fourth-order valence-corrected chi connectivity index (χ4v) is 2.34. The van der Waals surface area contributed by atoms with Crippen LogP contribution in [0.2, 0.25) is 0 Å².